The maximum atomic E-state index is 5.13. The molecule has 0 fully saturated rings. The van der Waals surface area contributed by atoms with Gasteiger partial charge in [0.05, 0.1) is 5.66 Å². The van der Waals surface area contributed by atoms with Gasteiger partial charge in [-0.1, -0.05) is 78.3 Å². The maximum absolute atomic E-state index is 5.13. The van der Waals surface area contributed by atoms with Crippen molar-refractivity contribution in [3.05, 3.63) is 0 Å². The fourth-order valence-electron chi connectivity index (χ4n) is 2.50. The van der Waals surface area contributed by atoms with Gasteiger partial charge >= 0.3 is 0 Å². The minimum atomic E-state index is -0.500. The SMILES string of the molecule is CC(C)(N)N.CCC(C)B(C(C)CC)C(C)CC. The van der Waals surface area contributed by atoms with Crippen LogP contribution in [0.25, 0.3) is 0 Å². The lowest BCUT2D eigenvalue weighted by atomic mass is 9.28. The van der Waals surface area contributed by atoms with Gasteiger partial charge in [0.2, 0.25) is 0 Å². The van der Waals surface area contributed by atoms with E-state index in [0.29, 0.717) is 0 Å². The van der Waals surface area contributed by atoms with Gasteiger partial charge in [0.15, 0.2) is 0 Å². The summed E-state index contributed by atoms with van der Waals surface area (Å²) in [4.78, 5) is 0. The highest BCUT2D eigenvalue weighted by molar-refractivity contribution is 6.63. The number of nitrogens with two attached hydrogens (primary N) is 2. The average Bonchev–Trinajstić information content (AvgIpc) is 2.26. The van der Waals surface area contributed by atoms with Crippen molar-refractivity contribution in [1.82, 2.24) is 0 Å². The van der Waals surface area contributed by atoms with Gasteiger partial charge in [-0.3, -0.25) is 0 Å². The van der Waals surface area contributed by atoms with Crippen molar-refractivity contribution in [3.63, 3.8) is 0 Å². The fourth-order valence-corrected chi connectivity index (χ4v) is 2.50. The molecule has 3 unspecified atom stereocenters. The Kier molecular flexibility index (Phi) is 11.1. The topological polar surface area (TPSA) is 52.0 Å². The zero-order valence-electron chi connectivity index (χ0n) is 14.1. The van der Waals surface area contributed by atoms with E-state index in [0.717, 1.165) is 24.2 Å². The van der Waals surface area contributed by atoms with Crippen LogP contribution in [0.1, 0.15) is 74.7 Å². The molecule has 0 radical (unpaired) electrons. The Morgan fingerprint density at radius 2 is 0.944 bits per heavy atom. The Bertz CT molecular complexity index is 160. The monoisotopic (exact) mass is 256 g/mol. The second kappa shape index (κ2) is 9.86. The Morgan fingerprint density at radius 1 is 0.778 bits per heavy atom. The van der Waals surface area contributed by atoms with Gasteiger partial charge in [-0.2, -0.15) is 0 Å². The minimum absolute atomic E-state index is 0.500. The Morgan fingerprint density at radius 3 is 1.06 bits per heavy atom. The fraction of sp³-hybridized carbons (Fsp3) is 1.00. The number of rotatable bonds is 6. The van der Waals surface area contributed by atoms with Crippen molar-refractivity contribution in [2.75, 3.05) is 0 Å². The third-order valence-electron chi connectivity index (χ3n) is 3.90. The first-order valence-corrected chi connectivity index (χ1v) is 7.66. The molecule has 0 aromatic carbocycles. The third kappa shape index (κ3) is 11.1. The van der Waals surface area contributed by atoms with Gasteiger partial charge in [0.25, 0.3) is 0 Å². The molecule has 2 nitrogen and oxygen atoms in total. The van der Waals surface area contributed by atoms with Crippen molar-refractivity contribution in [3.8, 4) is 0 Å². The van der Waals surface area contributed by atoms with E-state index < -0.39 is 5.66 Å². The van der Waals surface area contributed by atoms with Crippen LogP contribution in [-0.4, -0.2) is 12.4 Å². The standard InChI is InChI=1S/C12H27B.C3H10N2/c1-7-10(4)13(11(5)8-2)12(6)9-3;1-3(2,4)5/h10-12H,7-9H2,1-6H3;4-5H2,1-2H3. The molecule has 0 spiro atoms. The predicted octanol–water partition coefficient (Wildman–Crippen LogP) is 4.52. The van der Waals surface area contributed by atoms with Crippen LogP contribution >= 0.6 is 0 Å². The summed E-state index contributed by atoms with van der Waals surface area (Å²) >= 11 is 0. The normalized spacial score (nSPS) is 16.3. The van der Waals surface area contributed by atoms with Crippen molar-refractivity contribution < 1.29 is 0 Å². The van der Waals surface area contributed by atoms with Crippen LogP contribution in [0.5, 0.6) is 0 Å². The van der Waals surface area contributed by atoms with Crippen LogP contribution in [-0.2, 0) is 0 Å². The molecule has 110 valence electrons. The summed E-state index contributed by atoms with van der Waals surface area (Å²) in [5.74, 6) is 2.68. The molecule has 4 N–H and O–H groups in total. The lowest BCUT2D eigenvalue weighted by Gasteiger charge is -2.30. The largest absolute Gasteiger partial charge is 0.314 e. The van der Waals surface area contributed by atoms with Crippen LogP contribution in [0, 0.1) is 0 Å². The molecular formula is C15H37BN2. The summed E-state index contributed by atoms with van der Waals surface area (Å²) in [7, 11) is 0. The van der Waals surface area contributed by atoms with Crippen molar-refractivity contribution in [2.24, 2.45) is 11.5 Å². The van der Waals surface area contributed by atoms with Gasteiger partial charge in [0, 0.05) is 0 Å². The van der Waals surface area contributed by atoms with E-state index in [2.05, 4.69) is 41.5 Å². The van der Waals surface area contributed by atoms with Crippen LogP contribution in [0.3, 0.4) is 0 Å². The van der Waals surface area contributed by atoms with Crippen LogP contribution in [0.2, 0.25) is 17.5 Å². The first kappa shape index (κ1) is 20.3. The summed E-state index contributed by atoms with van der Waals surface area (Å²) in [5, 5.41) is 0. The van der Waals surface area contributed by atoms with Gasteiger partial charge in [-0.25, -0.2) is 0 Å². The van der Waals surface area contributed by atoms with Crippen LogP contribution < -0.4 is 11.5 Å². The van der Waals surface area contributed by atoms with Crippen LogP contribution in [0.15, 0.2) is 0 Å². The van der Waals surface area contributed by atoms with Crippen molar-refractivity contribution >= 4 is 6.71 Å². The average molecular weight is 256 g/mol. The summed E-state index contributed by atoms with van der Waals surface area (Å²) in [6, 6.07) is 0. The molecule has 0 aliphatic carbocycles. The van der Waals surface area contributed by atoms with Gasteiger partial charge in [0.1, 0.15) is 6.71 Å². The van der Waals surface area contributed by atoms with E-state index in [-0.39, 0.29) is 0 Å². The maximum Gasteiger partial charge on any atom is 0.148 e. The van der Waals surface area contributed by atoms with E-state index in [1.807, 2.05) is 0 Å². The number of hydrogen-bond acceptors (Lipinski definition) is 2. The Balaban J connectivity index is 0. The molecule has 3 heteroatoms. The molecule has 0 saturated heterocycles. The molecule has 0 amide bonds. The first-order chi connectivity index (χ1) is 8.08. The van der Waals surface area contributed by atoms with Gasteiger partial charge < -0.3 is 11.5 Å². The van der Waals surface area contributed by atoms with E-state index in [1.165, 1.54) is 19.3 Å². The molecule has 0 aromatic heterocycles. The molecule has 3 atom stereocenters. The van der Waals surface area contributed by atoms with E-state index in [9.17, 15) is 0 Å². The van der Waals surface area contributed by atoms with E-state index in [1.54, 1.807) is 13.8 Å². The van der Waals surface area contributed by atoms with E-state index >= 15 is 0 Å². The quantitative estimate of drug-likeness (QED) is 0.542. The highest BCUT2D eigenvalue weighted by Gasteiger charge is 2.29. The van der Waals surface area contributed by atoms with Crippen molar-refractivity contribution in [1.29, 1.82) is 0 Å². The Hall–Kier alpha value is -0.0151. The molecule has 0 aromatic rings. The Labute approximate surface area is 116 Å². The lowest BCUT2D eigenvalue weighted by molar-refractivity contribution is 0.547. The first-order valence-electron chi connectivity index (χ1n) is 7.66. The zero-order valence-corrected chi connectivity index (χ0v) is 14.1. The third-order valence-corrected chi connectivity index (χ3v) is 3.90. The molecule has 0 bridgehead atoms. The molecule has 18 heavy (non-hydrogen) atoms. The number of hydrogen-bond donors (Lipinski definition) is 2. The van der Waals surface area contributed by atoms with Gasteiger partial charge in [-0.15, -0.1) is 0 Å². The van der Waals surface area contributed by atoms with E-state index in [4.69, 9.17) is 11.5 Å². The van der Waals surface area contributed by atoms with Crippen molar-refractivity contribution in [2.45, 2.75) is 97.8 Å². The van der Waals surface area contributed by atoms with Gasteiger partial charge in [-0.05, 0) is 13.8 Å². The molecule has 0 saturated carbocycles. The molecule has 0 rings (SSSR count). The summed E-state index contributed by atoms with van der Waals surface area (Å²) < 4.78 is 0. The second-order valence-electron chi connectivity index (χ2n) is 6.56. The summed E-state index contributed by atoms with van der Waals surface area (Å²) in [5.41, 5.74) is 9.76. The minimum Gasteiger partial charge on any atom is -0.314 e. The lowest BCUT2D eigenvalue weighted by Crippen LogP contribution is -2.42. The van der Waals surface area contributed by atoms with Crippen LogP contribution in [0.4, 0.5) is 0 Å². The second-order valence-corrected chi connectivity index (χ2v) is 6.56. The summed E-state index contributed by atoms with van der Waals surface area (Å²) in [6.07, 6.45) is 4.00. The highest BCUT2D eigenvalue weighted by atomic mass is 14.9. The zero-order chi connectivity index (χ0) is 14.9. The highest BCUT2D eigenvalue weighted by Crippen LogP contribution is 2.35. The molecule has 0 aliphatic rings. The molecule has 0 heterocycles. The smallest absolute Gasteiger partial charge is 0.148 e. The molecule has 0 aliphatic heterocycles. The summed E-state index contributed by atoms with van der Waals surface area (Å²) in [6.45, 7) is 18.6. The predicted molar refractivity (Wildman–Crippen MR) is 87.4 cm³/mol. The molecular weight excluding hydrogens is 219 g/mol.